The Hall–Kier alpha value is -3.69. The molecule has 2 aromatic carbocycles. The minimum Gasteiger partial charge on any atom is -0.497 e. The number of halogens is 3. The topological polar surface area (TPSA) is 87.0 Å². The van der Waals surface area contributed by atoms with Crippen molar-refractivity contribution >= 4 is 22.6 Å². The van der Waals surface area contributed by atoms with Gasteiger partial charge in [0.25, 0.3) is 5.91 Å². The van der Waals surface area contributed by atoms with Crippen molar-refractivity contribution in [1.82, 2.24) is 0 Å². The lowest BCUT2D eigenvalue weighted by Crippen LogP contribution is -2.20. The van der Waals surface area contributed by atoms with E-state index < -0.39 is 29.9 Å². The lowest BCUT2D eigenvalue weighted by molar-refractivity contribution is -0.136. The molecule has 0 spiro atoms. The summed E-state index contributed by atoms with van der Waals surface area (Å²) in [5.41, 5.74) is -2.17. The van der Waals surface area contributed by atoms with Crippen LogP contribution in [0.1, 0.15) is 5.56 Å². The molecule has 0 saturated heterocycles. The van der Waals surface area contributed by atoms with Crippen LogP contribution in [0.4, 0.5) is 18.9 Å². The first-order chi connectivity index (χ1) is 14.2. The van der Waals surface area contributed by atoms with Crippen molar-refractivity contribution in [3.05, 3.63) is 58.4 Å². The van der Waals surface area contributed by atoms with E-state index in [0.717, 1.165) is 12.1 Å². The third kappa shape index (κ3) is 4.65. The van der Waals surface area contributed by atoms with E-state index in [1.807, 2.05) is 0 Å². The highest BCUT2D eigenvalue weighted by Gasteiger charge is 2.33. The number of hydrogen-bond acceptors (Lipinski definition) is 6. The maximum absolute atomic E-state index is 13.1. The molecule has 0 aliphatic heterocycles. The maximum atomic E-state index is 13.1. The van der Waals surface area contributed by atoms with Crippen molar-refractivity contribution in [2.24, 2.45) is 0 Å². The second kappa shape index (κ2) is 8.36. The monoisotopic (exact) mass is 423 g/mol. The van der Waals surface area contributed by atoms with Gasteiger partial charge >= 0.3 is 11.8 Å². The van der Waals surface area contributed by atoms with Crippen LogP contribution < -0.4 is 25.2 Å². The maximum Gasteiger partial charge on any atom is 0.417 e. The van der Waals surface area contributed by atoms with Gasteiger partial charge in [-0.05, 0) is 24.3 Å². The van der Waals surface area contributed by atoms with Crippen LogP contribution in [0.25, 0.3) is 11.0 Å². The number of benzene rings is 2. The fourth-order valence-corrected chi connectivity index (χ4v) is 2.70. The standard InChI is InChI=1S/C20H16F3NO6/c1-27-11-4-6-15(17(7-11)28-2)24-18(25)10-29-12-3-5-13-14(20(21,22)23)9-19(26)30-16(13)8-12/h3-9H,10H2,1-2H3,(H,24,25). The molecular weight excluding hydrogens is 407 g/mol. The number of ether oxygens (including phenoxy) is 3. The molecule has 158 valence electrons. The predicted molar refractivity (Wildman–Crippen MR) is 101 cm³/mol. The molecule has 0 aliphatic rings. The zero-order valence-electron chi connectivity index (χ0n) is 15.8. The minimum atomic E-state index is -4.71. The molecule has 1 amide bonds. The third-order valence-electron chi connectivity index (χ3n) is 4.07. The number of hydrogen-bond donors (Lipinski definition) is 1. The van der Waals surface area contributed by atoms with Gasteiger partial charge in [-0.3, -0.25) is 4.79 Å². The van der Waals surface area contributed by atoms with E-state index in [1.165, 1.54) is 20.3 Å². The summed E-state index contributed by atoms with van der Waals surface area (Å²) >= 11 is 0. The van der Waals surface area contributed by atoms with Gasteiger partial charge in [-0.15, -0.1) is 0 Å². The van der Waals surface area contributed by atoms with E-state index in [9.17, 15) is 22.8 Å². The van der Waals surface area contributed by atoms with Crippen LogP contribution in [0, 0.1) is 0 Å². The molecule has 3 aromatic rings. The number of carbonyl (C=O) groups excluding carboxylic acids is 1. The molecule has 10 heteroatoms. The first-order valence-electron chi connectivity index (χ1n) is 8.51. The lowest BCUT2D eigenvalue weighted by atomic mass is 10.1. The number of methoxy groups -OCH3 is 2. The van der Waals surface area contributed by atoms with Gasteiger partial charge < -0.3 is 23.9 Å². The summed E-state index contributed by atoms with van der Waals surface area (Å²) in [5.74, 6) is 0.428. The number of carbonyl (C=O) groups is 1. The summed E-state index contributed by atoms with van der Waals surface area (Å²) < 4.78 is 59.7. The van der Waals surface area contributed by atoms with Gasteiger partial charge in [0.15, 0.2) is 6.61 Å². The fraction of sp³-hybridized carbons (Fsp3) is 0.200. The van der Waals surface area contributed by atoms with E-state index in [1.54, 1.807) is 18.2 Å². The van der Waals surface area contributed by atoms with Crippen LogP contribution >= 0.6 is 0 Å². The van der Waals surface area contributed by atoms with E-state index in [4.69, 9.17) is 18.6 Å². The minimum absolute atomic E-state index is 0.0572. The highest BCUT2D eigenvalue weighted by atomic mass is 19.4. The van der Waals surface area contributed by atoms with Crippen molar-refractivity contribution in [2.75, 3.05) is 26.1 Å². The summed E-state index contributed by atoms with van der Waals surface area (Å²) in [5, 5.41) is 2.30. The van der Waals surface area contributed by atoms with Gasteiger partial charge in [-0.2, -0.15) is 13.2 Å². The molecule has 0 atom stereocenters. The quantitative estimate of drug-likeness (QED) is 0.606. The highest BCUT2D eigenvalue weighted by molar-refractivity contribution is 5.93. The predicted octanol–water partition coefficient (Wildman–Crippen LogP) is 3.85. The first-order valence-corrected chi connectivity index (χ1v) is 8.51. The van der Waals surface area contributed by atoms with Crippen molar-refractivity contribution in [1.29, 1.82) is 0 Å². The summed E-state index contributed by atoms with van der Waals surface area (Å²) in [7, 11) is 2.92. The Balaban J connectivity index is 1.74. The number of fused-ring (bicyclic) bond motifs is 1. The van der Waals surface area contributed by atoms with Crippen LogP contribution in [-0.4, -0.2) is 26.7 Å². The van der Waals surface area contributed by atoms with Crippen LogP contribution in [0.15, 0.2) is 51.7 Å². The third-order valence-corrected chi connectivity index (χ3v) is 4.07. The van der Waals surface area contributed by atoms with Crippen molar-refractivity contribution < 1.29 is 36.6 Å². The van der Waals surface area contributed by atoms with Crippen LogP contribution in [0.2, 0.25) is 0 Å². The molecule has 1 heterocycles. The Bertz CT molecular complexity index is 1140. The molecule has 0 bridgehead atoms. The molecule has 0 unspecified atom stereocenters. The Morgan fingerprint density at radius 2 is 1.77 bits per heavy atom. The van der Waals surface area contributed by atoms with Gasteiger partial charge in [0.2, 0.25) is 0 Å². The molecular formula is C20H16F3NO6. The average molecular weight is 423 g/mol. The largest absolute Gasteiger partial charge is 0.497 e. The van der Waals surface area contributed by atoms with Gasteiger partial charge in [0.1, 0.15) is 22.8 Å². The van der Waals surface area contributed by atoms with Gasteiger partial charge in [0, 0.05) is 23.6 Å². The highest BCUT2D eigenvalue weighted by Crippen LogP contribution is 2.35. The summed E-state index contributed by atoms with van der Waals surface area (Å²) in [6.45, 7) is -0.441. The molecule has 30 heavy (non-hydrogen) atoms. The Kier molecular flexibility index (Phi) is 5.86. The first kappa shape index (κ1) is 21.0. The zero-order chi connectivity index (χ0) is 21.9. The Morgan fingerprint density at radius 1 is 1.03 bits per heavy atom. The molecule has 3 rings (SSSR count). The number of anilines is 1. The summed E-state index contributed by atoms with van der Waals surface area (Å²) in [6.07, 6.45) is -4.71. The van der Waals surface area contributed by atoms with Crippen LogP contribution in [0.3, 0.4) is 0 Å². The van der Waals surface area contributed by atoms with E-state index >= 15 is 0 Å². The van der Waals surface area contributed by atoms with Gasteiger partial charge in [0.05, 0.1) is 25.5 Å². The number of amides is 1. The molecule has 0 saturated carbocycles. The number of nitrogens with one attached hydrogen (secondary N) is 1. The molecule has 1 aromatic heterocycles. The SMILES string of the molecule is COc1ccc(NC(=O)COc2ccc3c(C(F)(F)F)cc(=O)oc3c2)c(OC)c1. The second-order valence-corrected chi connectivity index (χ2v) is 6.04. The van der Waals surface area contributed by atoms with Gasteiger partial charge in [-0.25, -0.2) is 4.79 Å². The Morgan fingerprint density at radius 3 is 2.43 bits per heavy atom. The van der Waals surface area contributed by atoms with E-state index in [2.05, 4.69) is 5.32 Å². The molecule has 1 N–H and O–H groups in total. The summed E-state index contributed by atoms with van der Waals surface area (Å²) in [6, 6.07) is 8.66. The number of alkyl halides is 3. The molecule has 0 aliphatic carbocycles. The van der Waals surface area contributed by atoms with Crippen LogP contribution in [-0.2, 0) is 11.0 Å². The van der Waals surface area contributed by atoms with Crippen LogP contribution in [0.5, 0.6) is 17.2 Å². The molecule has 7 nitrogen and oxygen atoms in total. The summed E-state index contributed by atoms with van der Waals surface area (Å²) in [4.78, 5) is 23.6. The second-order valence-electron chi connectivity index (χ2n) is 6.04. The van der Waals surface area contributed by atoms with E-state index in [-0.39, 0.29) is 16.7 Å². The van der Waals surface area contributed by atoms with Crippen molar-refractivity contribution in [3.63, 3.8) is 0 Å². The van der Waals surface area contributed by atoms with Gasteiger partial charge in [-0.1, -0.05) is 0 Å². The smallest absolute Gasteiger partial charge is 0.417 e. The molecule has 0 radical (unpaired) electrons. The van der Waals surface area contributed by atoms with Crippen molar-refractivity contribution in [2.45, 2.75) is 6.18 Å². The fourth-order valence-electron chi connectivity index (χ4n) is 2.70. The van der Waals surface area contributed by atoms with E-state index in [0.29, 0.717) is 23.3 Å². The normalized spacial score (nSPS) is 11.2. The molecule has 0 fully saturated rings. The average Bonchev–Trinajstić information content (AvgIpc) is 2.71. The number of rotatable bonds is 6. The Labute approximate surface area is 168 Å². The van der Waals surface area contributed by atoms with Crippen molar-refractivity contribution in [3.8, 4) is 17.2 Å². The zero-order valence-corrected chi connectivity index (χ0v) is 15.8. The lowest BCUT2D eigenvalue weighted by Gasteiger charge is -2.13.